The van der Waals surface area contributed by atoms with Gasteiger partial charge < -0.3 is 14.9 Å². The maximum absolute atomic E-state index is 11.4. The van der Waals surface area contributed by atoms with Crippen LogP contribution >= 0.6 is 0 Å². The maximum atomic E-state index is 11.4. The normalized spacial score (nSPS) is 19.8. The summed E-state index contributed by atoms with van der Waals surface area (Å²) in [5.41, 5.74) is 2.37. The number of hydrogen-bond donors (Lipinski definition) is 1. The second kappa shape index (κ2) is 5.61. The van der Waals surface area contributed by atoms with Gasteiger partial charge >= 0.3 is 5.97 Å². The minimum absolute atomic E-state index is 0.407. The van der Waals surface area contributed by atoms with Crippen molar-refractivity contribution in [2.24, 2.45) is 0 Å². The summed E-state index contributed by atoms with van der Waals surface area (Å²) in [6.45, 7) is 3.84. The average Bonchev–Trinajstić information content (AvgIpc) is 2.38. The molecule has 2 rings (SSSR count). The van der Waals surface area contributed by atoms with Gasteiger partial charge in [-0.3, -0.25) is 0 Å². The number of anilines is 1. The van der Waals surface area contributed by atoms with Crippen LogP contribution in [0.1, 0.15) is 28.8 Å². The predicted molar refractivity (Wildman–Crippen MR) is 77.1 cm³/mol. The minimum atomic E-state index is -0.845. The van der Waals surface area contributed by atoms with Gasteiger partial charge in [0.25, 0.3) is 0 Å². The third kappa shape index (κ3) is 3.07. The quantitative estimate of drug-likeness (QED) is 0.907. The lowest BCUT2D eigenvalue weighted by Crippen LogP contribution is -2.45. The van der Waals surface area contributed by atoms with Crippen LogP contribution in [0.15, 0.2) is 18.2 Å². The van der Waals surface area contributed by atoms with Gasteiger partial charge in [0.15, 0.2) is 0 Å². The van der Waals surface area contributed by atoms with Crippen molar-refractivity contribution in [2.75, 3.05) is 32.1 Å². The van der Waals surface area contributed by atoms with Crippen LogP contribution < -0.4 is 4.90 Å². The first-order valence-corrected chi connectivity index (χ1v) is 6.74. The molecule has 0 saturated carbocycles. The Balaban J connectivity index is 2.30. The number of carboxylic acids is 1. The molecule has 0 aliphatic carbocycles. The van der Waals surface area contributed by atoms with E-state index in [9.17, 15) is 9.90 Å². The van der Waals surface area contributed by atoms with Crippen molar-refractivity contribution in [1.82, 2.24) is 4.90 Å². The standard InChI is InChI=1S/C15H22N2O2/c1-11-6-7-13(15(18)19)14(9-11)17-8-4-5-12(10-17)16(2)3/h6-7,9,12H,4-5,8,10H2,1-3H3,(H,18,19). The van der Waals surface area contributed by atoms with Crippen molar-refractivity contribution in [3.63, 3.8) is 0 Å². The number of benzene rings is 1. The molecule has 1 aromatic rings. The third-order valence-electron chi connectivity index (χ3n) is 3.85. The highest BCUT2D eigenvalue weighted by atomic mass is 16.4. The molecule has 1 saturated heterocycles. The van der Waals surface area contributed by atoms with Gasteiger partial charge in [-0.05, 0) is 51.6 Å². The van der Waals surface area contributed by atoms with Gasteiger partial charge in [-0.2, -0.15) is 0 Å². The van der Waals surface area contributed by atoms with E-state index in [0.29, 0.717) is 11.6 Å². The van der Waals surface area contributed by atoms with Gasteiger partial charge in [0.2, 0.25) is 0 Å². The summed E-state index contributed by atoms with van der Waals surface area (Å²) in [6, 6.07) is 6.06. The summed E-state index contributed by atoms with van der Waals surface area (Å²) in [5, 5.41) is 9.33. The number of carboxylic acid groups (broad SMARTS) is 1. The SMILES string of the molecule is Cc1ccc(C(=O)O)c(N2CCCC(N(C)C)C2)c1. The number of aryl methyl sites for hydroxylation is 1. The number of piperidine rings is 1. The fraction of sp³-hybridized carbons (Fsp3) is 0.533. The highest BCUT2D eigenvalue weighted by Crippen LogP contribution is 2.26. The summed E-state index contributed by atoms with van der Waals surface area (Å²) >= 11 is 0. The first kappa shape index (κ1) is 13.9. The van der Waals surface area contributed by atoms with E-state index < -0.39 is 5.97 Å². The van der Waals surface area contributed by atoms with Crippen LogP contribution in [0.2, 0.25) is 0 Å². The van der Waals surface area contributed by atoms with E-state index in [0.717, 1.165) is 30.8 Å². The highest BCUT2D eigenvalue weighted by molar-refractivity contribution is 5.94. The smallest absolute Gasteiger partial charge is 0.337 e. The molecule has 0 bridgehead atoms. The summed E-state index contributed by atoms with van der Waals surface area (Å²) in [7, 11) is 4.17. The van der Waals surface area contributed by atoms with E-state index in [1.54, 1.807) is 6.07 Å². The van der Waals surface area contributed by atoms with Crippen LogP contribution in [-0.4, -0.2) is 49.2 Å². The summed E-state index contributed by atoms with van der Waals surface area (Å²) in [6.07, 6.45) is 2.29. The van der Waals surface area contributed by atoms with Gasteiger partial charge in [-0.15, -0.1) is 0 Å². The Morgan fingerprint density at radius 1 is 1.42 bits per heavy atom. The molecule has 104 valence electrons. The monoisotopic (exact) mass is 262 g/mol. The van der Waals surface area contributed by atoms with Crippen molar-refractivity contribution in [3.05, 3.63) is 29.3 Å². The molecule has 0 amide bonds. The van der Waals surface area contributed by atoms with Gasteiger partial charge in [0, 0.05) is 19.1 Å². The van der Waals surface area contributed by atoms with Crippen LogP contribution in [0.3, 0.4) is 0 Å². The first-order valence-electron chi connectivity index (χ1n) is 6.74. The lowest BCUT2D eigenvalue weighted by atomic mass is 10.0. The zero-order valence-electron chi connectivity index (χ0n) is 11.9. The van der Waals surface area contributed by atoms with Crippen molar-refractivity contribution in [3.8, 4) is 0 Å². The molecule has 0 spiro atoms. The zero-order chi connectivity index (χ0) is 14.0. The summed E-state index contributed by atoms with van der Waals surface area (Å²) in [5.74, 6) is -0.845. The maximum Gasteiger partial charge on any atom is 0.337 e. The van der Waals surface area contributed by atoms with E-state index in [1.807, 2.05) is 19.1 Å². The van der Waals surface area contributed by atoms with Gasteiger partial charge in [0.05, 0.1) is 11.3 Å². The highest BCUT2D eigenvalue weighted by Gasteiger charge is 2.24. The Morgan fingerprint density at radius 2 is 2.16 bits per heavy atom. The minimum Gasteiger partial charge on any atom is -0.478 e. The van der Waals surface area contributed by atoms with E-state index >= 15 is 0 Å². The second-order valence-corrected chi connectivity index (χ2v) is 5.53. The molecule has 1 aromatic carbocycles. The molecule has 19 heavy (non-hydrogen) atoms. The molecule has 1 unspecified atom stereocenters. The number of likely N-dealkylation sites (N-methyl/N-ethyl adjacent to an activating group) is 1. The lowest BCUT2D eigenvalue weighted by molar-refractivity contribution is 0.0697. The number of rotatable bonds is 3. The molecule has 1 aliphatic heterocycles. The number of nitrogens with zero attached hydrogens (tertiary/aromatic N) is 2. The van der Waals surface area contributed by atoms with Crippen LogP contribution in [0, 0.1) is 6.92 Å². The van der Waals surface area contributed by atoms with Gasteiger partial charge in [-0.1, -0.05) is 6.07 Å². The molecule has 4 heteroatoms. The van der Waals surface area contributed by atoms with E-state index in [2.05, 4.69) is 23.9 Å². The van der Waals surface area contributed by atoms with E-state index in [-0.39, 0.29) is 0 Å². The average molecular weight is 262 g/mol. The molecule has 0 radical (unpaired) electrons. The molecular formula is C15H22N2O2. The van der Waals surface area contributed by atoms with E-state index in [4.69, 9.17) is 0 Å². The molecule has 1 fully saturated rings. The van der Waals surface area contributed by atoms with Gasteiger partial charge in [0.1, 0.15) is 0 Å². The van der Waals surface area contributed by atoms with Crippen molar-refractivity contribution >= 4 is 11.7 Å². The summed E-state index contributed by atoms with van der Waals surface area (Å²) in [4.78, 5) is 15.8. The van der Waals surface area contributed by atoms with Crippen LogP contribution in [0.4, 0.5) is 5.69 Å². The Morgan fingerprint density at radius 3 is 2.79 bits per heavy atom. The molecule has 1 N–H and O–H groups in total. The van der Waals surface area contributed by atoms with Crippen molar-refractivity contribution in [1.29, 1.82) is 0 Å². The molecule has 1 aliphatic rings. The first-order chi connectivity index (χ1) is 8.99. The molecular weight excluding hydrogens is 240 g/mol. The van der Waals surface area contributed by atoms with Crippen molar-refractivity contribution < 1.29 is 9.90 Å². The molecule has 1 heterocycles. The van der Waals surface area contributed by atoms with Crippen LogP contribution in [0.5, 0.6) is 0 Å². The Kier molecular flexibility index (Phi) is 4.10. The number of aromatic carboxylic acids is 1. The number of hydrogen-bond acceptors (Lipinski definition) is 3. The Labute approximate surface area is 114 Å². The Bertz CT molecular complexity index is 471. The molecule has 4 nitrogen and oxygen atoms in total. The lowest BCUT2D eigenvalue weighted by Gasteiger charge is -2.38. The third-order valence-corrected chi connectivity index (χ3v) is 3.85. The predicted octanol–water partition coefficient (Wildman–Crippen LogP) is 2.22. The second-order valence-electron chi connectivity index (χ2n) is 5.53. The number of carbonyl (C=O) groups is 1. The largest absolute Gasteiger partial charge is 0.478 e. The fourth-order valence-corrected chi connectivity index (χ4v) is 2.68. The van der Waals surface area contributed by atoms with Crippen LogP contribution in [-0.2, 0) is 0 Å². The molecule has 0 aromatic heterocycles. The van der Waals surface area contributed by atoms with Crippen LogP contribution in [0.25, 0.3) is 0 Å². The van der Waals surface area contributed by atoms with E-state index in [1.165, 1.54) is 6.42 Å². The van der Waals surface area contributed by atoms with Gasteiger partial charge in [-0.25, -0.2) is 4.79 Å². The van der Waals surface area contributed by atoms with Crippen molar-refractivity contribution in [2.45, 2.75) is 25.8 Å². The summed E-state index contributed by atoms with van der Waals surface area (Å²) < 4.78 is 0. The topological polar surface area (TPSA) is 43.8 Å². The fourth-order valence-electron chi connectivity index (χ4n) is 2.68. The zero-order valence-corrected chi connectivity index (χ0v) is 11.9. The Hall–Kier alpha value is -1.55. The molecule has 1 atom stereocenters.